The topological polar surface area (TPSA) is 43.1 Å². The minimum atomic E-state index is -4.32. The molecular weight excluding hydrogens is 207 g/mol. The molecule has 0 spiro atoms. The van der Waals surface area contributed by atoms with Gasteiger partial charge in [0.25, 0.3) is 0 Å². The number of halogens is 3. The maximum absolute atomic E-state index is 12.2. The average Bonchev–Trinajstić information content (AvgIpc) is 2.09. The Kier molecular flexibility index (Phi) is 5.68. The summed E-state index contributed by atoms with van der Waals surface area (Å²) in [6.07, 6.45) is -3.49. The number of rotatable bonds is 6. The smallest absolute Gasteiger partial charge is 0.369 e. The Labute approximate surface area is 88.0 Å². The zero-order chi connectivity index (χ0) is 12.1. The van der Waals surface area contributed by atoms with Crippen molar-refractivity contribution in [1.82, 2.24) is 0 Å². The van der Waals surface area contributed by atoms with E-state index < -0.39 is 24.4 Å². The standard InChI is InChI=1S/C10H18F3NO/c1-3-5-7(4-2)8(9(14)15)6-10(11,12)13/h7-8H,3-6H2,1-2H3,(H2,14,15)/t7?,8-/m0/s1. The predicted octanol–water partition coefficient (Wildman–Crippen LogP) is 2.87. The lowest BCUT2D eigenvalue weighted by molar-refractivity contribution is -0.157. The average molecular weight is 225 g/mol. The lowest BCUT2D eigenvalue weighted by Gasteiger charge is -2.24. The maximum atomic E-state index is 12.2. The lowest BCUT2D eigenvalue weighted by atomic mass is 9.83. The summed E-state index contributed by atoms with van der Waals surface area (Å²) in [7, 11) is 0. The molecule has 1 unspecified atom stereocenters. The van der Waals surface area contributed by atoms with E-state index in [4.69, 9.17) is 5.73 Å². The monoisotopic (exact) mass is 225 g/mol. The van der Waals surface area contributed by atoms with Crippen molar-refractivity contribution in [2.45, 2.75) is 45.7 Å². The normalized spacial score (nSPS) is 16.1. The largest absolute Gasteiger partial charge is 0.389 e. The van der Waals surface area contributed by atoms with Crippen LogP contribution < -0.4 is 5.73 Å². The summed E-state index contributed by atoms with van der Waals surface area (Å²) < 4.78 is 36.6. The van der Waals surface area contributed by atoms with E-state index in [0.717, 1.165) is 6.42 Å². The highest BCUT2D eigenvalue weighted by Crippen LogP contribution is 2.32. The number of nitrogens with two attached hydrogens (primary N) is 1. The van der Waals surface area contributed by atoms with Crippen molar-refractivity contribution in [3.05, 3.63) is 0 Å². The highest BCUT2D eigenvalue weighted by atomic mass is 19.4. The highest BCUT2D eigenvalue weighted by molar-refractivity contribution is 5.77. The van der Waals surface area contributed by atoms with Gasteiger partial charge in [0.05, 0.1) is 6.42 Å². The van der Waals surface area contributed by atoms with Gasteiger partial charge in [0, 0.05) is 5.92 Å². The van der Waals surface area contributed by atoms with Crippen LogP contribution in [0.25, 0.3) is 0 Å². The zero-order valence-corrected chi connectivity index (χ0v) is 9.10. The molecule has 5 heteroatoms. The first kappa shape index (κ1) is 14.3. The molecule has 15 heavy (non-hydrogen) atoms. The fourth-order valence-electron chi connectivity index (χ4n) is 1.81. The molecule has 2 N–H and O–H groups in total. The van der Waals surface area contributed by atoms with Crippen molar-refractivity contribution in [3.8, 4) is 0 Å². The summed E-state index contributed by atoms with van der Waals surface area (Å²) in [5.74, 6) is -2.17. The molecule has 0 heterocycles. The number of alkyl halides is 3. The summed E-state index contributed by atoms with van der Waals surface area (Å²) in [5.41, 5.74) is 5.01. The molecule has 0 saturated carbocycles. The van der Waals surface area contributed by atoms with Gasteiger partial charge in [0.1, 0.15) is 0 Å². The third kappa shape index (κ3) is 5.64. The molecule has 0 saturated heterocycles. The second kappa shape index (κ2) is 5.98. The molecule has 0 aromatic rings. The van der Waals surface area contributed by atoms with Crippen molar-refractivity contribution in [2.24, 2.45) is 17.6 Å². The van der Waals surface area contributed by atoms with Gasteiger partial charge in [-0.15, -0.1) is 0 Å². The molecule has 0 radical (unpaired) electrons. The van der Waals surface area contributed by atoms with Crippen molar-refractivity contribution < 1.29 is 18.0 Å². The van der Waals surface area contributed by atoms with Crippen LogP contribution in [0.3, 0.4) is 0 Å². The molecule has 0 aliphatic rings. The van der Waals surface area contributed by atoms with Crippen LogP contribution in [0.2, 0.25) is 0 Å². The number of hydrogen-bond acceptors (Lipinski definition) is 1. The Balaban J connectivity index is 4.55. The van der Waals surface area contributed by atoms with Crippen LogP contribution in [0.1, 0.15) is 39.5 Å². The molecule has 0 fully saturated rings. The number of carbonyl (C=O) groups excluding carboxylic acids is 1. The van der Waals surface area contributed by atoms with Gasteiger partial charge in [-0.05, 0) is 12.3 Å². The van der Waals surface area contributed by atoms with Crippen LogP contribution in [0.5, 0.6) is 0 Å². The second-order valence-corrected chi connectivity index (χ2v) is 3.79. The molecule has 2 atom stereocenters. The van der Waals surface area contributed by atoms with E-state index in [-0.39, 0.29) is 5.92 Å². The second-order valence-electron chi connectivity index (χ2n) is 3.79. The van der Waals surface area contributed by atoms with Crippen LogP contribution in [0.4, 0.5) is 13.2 Å². The van der Waals surface area contributed by atoms with E-state index in [1.165, 1.54) is 0 Å². The van der Waals surface area contributed by atoms with E-state index in [9.17, 15) is 18.0 Å². The highest BCUT2D eigenvalue weighted by Gasteiger charge is 2.37. The van der Waals surface area contributed by atoms with Gasteiger partial charge in [0.15, 0.2) is 0 Å². The van der Waals surface area contributed by atoms with Crippen LogP contribution in [0, 0.1) is 11.8 Å². The van der Waals surface area contributed by atoms with Crippen molar-refractivity contribution in [2.75, 3.05) is 0 Å². The SMILES string of the molecule is CCCC(CC)[C@H](CC(F)(F)F)C(N)=O. The third-order valence-electron chi connectivity index (χ3n) is 2.57. The fraction of sp³-hybridized carbons (Fsp3) is 0.900. The van der Waals surface area contributed by atoms with Gasteiger partial charge in [-0.1, -0.05) is 26.7 Å². The Hall–Kier alpha value is -0.740. The first-order valence-electron chi connectivity index (χ1n) is 5.17. The Bertz CT molecular complexity index is 203. The lowest BCUT2D eigenvalue weighted by Crippen LogP contribution is -2.33. The Morgan fingerprint density at radius 3 is 2.13 bits per heavy atom. The number of carbonyl (C=O) groups is 1. The predicted molar refractivity (Wildman–Crippen MR) is 52.0 cm³/mol. The van der Waals surface area contributed by atoms with E-state index >= 15 is 0 Å². The summed E-state index contributed by atoms with van der Waals surface area (Å²) in [4.78, 5) is 11.0. The maximum Gasteiger partial charge on any atom is 0.389 e. The van der Waals surface area contributed by atoms with Crippen molar-refractivity contribution in [1.29, 1.82) is 0 Å². The summed E-state index contributed by atoms with van der Waals surface area (Å²) in [6.45, 7) is 3.67. The van der Waals surface area contributed by atoms with E-state index in [0.29, 0.717) is 12.8 Å². The number of amides is 1. The van der Waals surface area contributed by atoms with Crippen LogP contribution in [-0.4, -0.2) is 12.1 Å². The van der Waals surface area contributed by atoms with Crippen LogP contribution >= 0.6 is 0 Å². The molecule has 2 nitrogen and oxygen atoms in total. The van der Waals surface area contributed by atoms with Gasteiger partial charge in [-0.3, -0.25) is 4.79 Å². The molecule has 0 aliphatic heterocycles. The fourth-order valence-corrected chi connectivity index (χ4v) is 1.81. The summed E-state index contributed by atoms with van der Waals surface area (Å²) >= 11 is 0. The van der Waals surface area contributed by atoms with Gasteiger partial charge in [-0.25, -0.2) is 0 Å². The quantitative estimate of drug-likeness (QED) is 0.742. The number of hydrogen-bond donors (Lipinski definition) is 1. The van der Waals surface area contributed by atoms with Gasteiger partial charge >= 0.3 is 6.18 Å². The Morgan fingerprint density at radius 1 is 1.33 bits per heavy atom. The molecule has 0 aliphatic carbocycles. The number of primary amides is 1. The molecule has 0 rings (SSSR count). The van der Waals surface area contributed by atoms with Crippen LogP contribution in [-0.2, 0) is 4.79 Å². The zero-order valence-electron chi connectivity index (χ0n) is 9.10. The first-order valence-corrected chi connectivity index (χ1v) is 5.17. The minimum Gasteiger partial charge on any atom is -0.369 e. The van der Waals surface area contributed by atoms with Crippen molar-refractivity contribution >= 4 is 5.91 Å². The van der Waals surface area contributed by atoms with Gasteiger partial charge < -0.3 is 5.73 Å². The van der Waals surface area contributed by atoms with Crippen LogP contribution in [0.15, 0.2) is 0 Å². The molecule has 0 aromatic heterocycles. The minimum absolute atomic E-state index is 0.255. The molecule has 90 valence electrons. The molecule has 0 aromatic carbocycles. The van der Waals surface area contributed by atoms with Gasteiger partial charge in [-0.2, -0.15) is 13.2 Å². The first-order chi connectivity index (χ1) is 6.81. The van der Waals surface area contributed by atoms with E-state index in [1.807, 2.05) is 6.92 Å². The van der Waals surface area contributed by atoms with Crippen molar-refractivity contribution in [3.63, 3.8) is 0 Å². The van der Waals surface area contributed by atoms with Gasteiger partial charge in [0.2, 0.25) is 5.91 Å². The summed E-state index contributed by atoms with van der Waals surface area (Å²) in [6, 6.07) is 0. The third-order valence-corrected chi connectivity index (χ3v) is 2.57. The molecular formula is C10H18F3NO. The van der Waals surface area contributed by atoms with E-state index in [2.05, 4.69) is 0 Å². The molecule has 0 bridgehead atoms. The molecule has 1 amide bonds. The van der Waals surface area contributed by atoms with E-state index in [1.54, 1.807) is 6.92 Å². The Morgan fingerprint density at radius 2 is 1.87 bits per heavy atom. The summed E-state index contributed by atoms with van der Waals surface area (Å²) in [5, 5.41) is 0.